The standard InChI is InChI=1S/C17H16O4/c1-10-5-14(18)6-13-9-21-8-12-4-3-11(17(19)20-2)7-15(12)16(10)13/h3-7,18H,8-9H2,1-2H3. The van der Waals surface area contributed by atoms with Crippen LogP contribution in [0.3, 0.4) is 0 Å². The van der Waals surface area contributed by atoms with Gasteiger partial charge < -0.3 is 14.6 Å². The summed E-state index contributed by atoms with van der Waals surface area (Å²) in [6.07, 6.45) is 0. The van der Waals surface area contributed by atoms with E-state index >= 15 is 0 Å². The second-order valence-electron chi connectivity index (χ2n) is 5.15. The van der Waals surface area contributed by atoms with Gasteiger partial charge in [-0.25, -0.2) is 4.79 Å². The van der Waals surface area contributed by atoms with Gasteiger partial charge in [0, 0.05) is 0 Å². The van der Waals surface area contributed by atoms with Crippen LogP contribution in [0.1, 0.15) is 27.0 Å². The number of benzene rings is 2. The first-order valence-corrected chi connectivity index (χ1v) is 6.72. The van der Waals surface area contributed by atoms with E-state index in [4.69, 9.17) is 9.47 Å². The van der Waals surface area contributed by atoms with Crippen LogP contribution in [0.2, 0.25) is 0 Å². The smallest absolute Gasteiger partial charge is 0.337 e. The number of carbonyl (C=O) groups is 1. The van der Waals surface area contributed by atoms with Gasteiger partial charge in [0.05, 0.1) is 25.9 Å². The van der Waals surface area contributed by atoms with Crippen LogP contribution < -0.4 is 0 Å². The van der Waals surface area contributed by atoms with Gasteiger partial charge in [-0.1, -0.05) is 6.07 Å². The topological polar surface area (TPSA) is 55.8 Å². The average molecular weight is 284 g/mol. The molecule has 0 saturated carbocycles. The highest BCUT2D eigenvalue weighted by atomic mass is 16.5. The number of phenolic OH excluding ortho intramolecular Hbond substituents is 1. The summed E-state index contributed by atoms with van der Waals surface area (Å²) in [6.45, 7) is 2.86. The van der Waals surface area contributed by atoms with Crippen LogP contribution in [-0.4, -0.2) is 18.2 Å². The molecule has 0 atom stereocenters. The van der Waals surface area contributed by atoms with Gasteiger partial charge in [-0.3, -0.25) is 0 Å². The minimum absolute atomic E-state index is 0.224. The van der Waals surface area contributed by atoms with Crippen LogP contribution in [0, 0.1) is 6.92 Å². The molecule has 2 aromatic carbocycles. The predicted octanol–water partition coefficient (Wildman–Crippen LogP) is 3.18. The first-order chi connectivity index (χ1) is 10.1. The monoisotopic (exact) mass is 284 g/mol. The number of carbonyl (C=O) groups excluding carboxylic acids is 1. The van der Waals surface area contributed by atoms with Gasteiger partial charge in [-0.05, 0) is 59.0 Å². The van der Waals surface area contributed by atoms with E-state index in [1.807, 2.05) is 19.1 Å². The molecule has 0 unspecified atom stereocenters. The molecule has 108 valence electrons. The normalized spacial score (nSPS) is 13.0. The molecule has 3 rings (SSSR count). The van der Waals surface area contributed by atoms with E-state index in [-0.39, 0.29) is 11.7 Å². The molecule has 1 aliphatic rings. The highest BCUT2D eigenvalue weighted by Crippen LogP contribution is 2.37. The highest BCUT2D eigenvalue weighted by Gasteiger charge is 2.19. The van der Waals surface area contributed by atoms with Crippen LogP contribution in [0.25, 0.3) is 11.1 Å². The van der Waals surface area contributed by atoms with E-state index in [1.165, 1.54) is 7.11 Å². The fraction of sp³-hybridized carbons (Fsp3) is 0.235. The van der Waals surface area contributed by atoms with Crippen molar-refractivity contribution in [1.29, 1.82) is 0 Å². The number of rotatable bonds is 1. The lowest BCUT2D eigenvalue weighted by Gasteiger charge is -2.13. The van der Waals surface area contributed by atoms with E-state index in [0.29, 0.717) is 18.8 Å². The van der Waals surface area contributed by atoms with Gasteiger partial charge >= 0.3 is 5.97 Å². The van der Waals surface area contributed by atoms with E-state index in [9.17, 15) is 9.90 Å². The van der Waals surface area contributed by atoms with Crippen LogP contribution in [0.5, 0.6) is 5.75 Å². The maximum absolute atomic E-state index is 11.7. The Morgan fingerprint density at radius 3 is 2.71 bits per heavy atom. The van der Waals surface area contributed by atoms with Crippen LogP contribution in [0.15, 0.2) is 30.3 Å². The number of esters is 1. The molecule has 2 aromatic rings. The van der Waals surface area contributed by atoms with E-state index in [0.717, 1.165) is 27.8 Å². The third-order valence-electron chi connectivity index (χ3n) is 3.72. The molecule has 0 spiro atoms. The molecule has 0 radical (unpaired) electrons. The summed E-state index contributed by atoms with van der Waals surface area (Å²) >= 11 is 0. The summed E-state index contributed by atoms with van der Waals surface area (Å²) in [5.41, 5.74) is 5.40. The molecule has 0 saturated heterocycles. The lowest BCUT2D eigenvalue weighted by molar-refractivity contribution is 0.0600. The molecule has 4 nitrogen and oxygen atoms in total. The van der Waals surface area contributed by atoms with Gasteiger partial charge in [0.2, 0.25) is 0 Å². The summed E-state index contributed by atoms with van der Waals surface area (Å²) < 4.78 is 10.4. The average Bonchev–Trinajstić information content (AvgIpc) is 2.64. The molecule has 0 bridgehead atoms. The highest BCUT2D eigenvalue weighted by molar-refractivity contribution is 5.92. The van der Waals surface area contributed by atoms with Crippen molar-refractivity contribution in [3.05, 3.63) is 52.6 Å². The molecule has 4 heteroatoms. The Kier molecular flexibility index (Phi) is 3.39. The van der Waals surface area contributed by atoms with Crippen molar-refractivity contribution in [2.24, 2.45) is 0 Å². The number of methoxy groups -OCH3 is 1. The first kappa shape index (κ1) is 13.6. The number of fused-ring (bicyclic) bond motifs is 3. The van der Waals surface area contributed by atoms with Crippen molar-refractivity contribution in [1.82, 2.24) is 0 Å². The van der Waals surface area contributed by atoms with Gasteiger partial charge in [-0.15, -0.1) is 0 Å². The van der Waals surface area contributed by atoms with Gasteiger partial charge in [-0.2, -0.15) is 0 Å². The maximum Gasteiger partial charge on any atom is 0.337 e. The van der Waals surface area contributed by atoms with Crippen LogP contribution in [-0.2, 0) is 22.7 Å². The van der Waals surface area contributed by atoms with Crippen molar-refractivity contribution in [2.75, 3.05) is 7.11 Å². The zero-order valence-corrected chi connectivity index (χ0v) is 12.0. The summed E-state index contributed by atoms with van der Waals surface area (Å²) in [5, 5.41) is 9.76. The summed E-state index contributed by atoms with van der Waals surface area (Å²) in [4.78, 5) is 11.7. The quantitative estimate of drug-likeness (QED) is 0.817. The van der Waals surface area contributed by atoms with E-state index in [2.05, 4.69) is 0 Å². The largest absolute Gasteiger partial charge is 0.508 e. The lowest BCUT2D eigenvalue weighted by atomic mass is 9.91. The second kappa shape index (κ2) is 5.22. The zero-order valence-electron chi connectivity index (χ0n) is 12.0. The molecule has 0 amide bonds. The van der Waals surface area contributed by atoms with E-state index < -0.39 is 0 Å². The number of hydrogen-bond donors (Lipinski definition) is 1. The molecular weight excluding hydrogens is 268 g/mol. The van der Waals surface area contributed by atoms with Crippen molar-refractivity contribution in [3.8, 4) is 16.9 Å². The van der Waals surface area contributed by atoms with Crippen molar-refractivity contribution in [2.45, 2.75) is 20.1 Å². The number of aromatic hydroxyl groups is 1. The summed E-state index contributed by atoms with van der Waals surface area (Å²) in [6, 6.07) is 8.90. The molecule has 0 fully saturated rings. The fourth-order valence-electron chi connectivity index (χ4n) is 2.79. The minimum atomic E-state index is -0.360. The number of aryl methyl sites for hydroxylation is 1. The predicted molar refractivity (Wildman–Crippen MR) is 78.1 cm³/mol. The number of hydrogen-bond acceptors (Lipinski definition) is 4. The Balaban J connectivity index is 2.25. The molecule has 0 aliphatic carbocycles. The summed E-state index contributed by atoms with van der Waals surface area (Å²) in [7, 11) is 1.37. The van der Waals surface area contributed by atoms with Gasteiger partial charge in [0.1, 0.15) is 5.75 Å². The molecule has 1 heterocycles. The van der Waals surface area contributed by atoms with Crippen LogP contribution in [0.4, 0.5) is 0 Å². The lowest BCUT2D eigenvalue weighted by Crippen LogP contribution is -2.02. The van der Waals surface area contributed by atoms with Crippen LogP contribution >= 0.6 is 0 Å². The summed E-state index contributed by atoms with van der Waals surface area (Å²) in [5.74, 6) is -0.136. The third kappa shape index (κ3) is 2.38. The first-order valence-electron chi connectivity index (χ1n) is 6.72. The molecule has 1 aliphatic heterocycles. The fourth-order valence-corrected chi connectivity index (χ4v) is 2.79. The number of phenols is 1. The Morgan fingerprint density at radius 1 is 1.19 bits per heavy atom. The Hall–Kier alpha value is -2.33. The number of ether oxygens (including phenoxy) is 2. The second-order valence-corrected chi connectivity index (χ2v) is 5.15. The maximum atomic E-state index is 11.7. The molecule has 21 heavy (non-hydrogen) atoms. The SMILES string of the molecule is COC(=O)c1ccc2c(c1)-c1c(C)cc(O)cc1COC2. The third-order valence-corrected chi connectivity index (χ3v) is 3.72. The van der Waals surface area contributed by atoms with Gasteiger partial charge in [0.15, 0.2) is 0 Å². The Morgan fingerprint density at radius 2 is 1.95 bits per heavy atom. The zero-order chi connectivity index (χ0) is 15.0. The van der Waals surface area contributed by atoms with Crippen molar-refractivity contribution < 1.29 is 19.4 Å². The Bertz CT molecular complexity index is 719. The molecule has 0 aromatic heterocycles. The van der Waals surface area contributed by atoms with Gasteiger partial charge in [0.25, 0.3) is 0 Å². The van der Waals surface area contributed by atoms with Crippen molar-refractivity contribution >= 4 is 5.97 Å². The molecular formula is C17H16O4. The minimum Gasteiger partial charge on any atom is -0.508 e. The Labute approximate surface area is 122 Å². The van der Waals surface area contributed by atoms with E-state index in [1.54, 1.807) is 18.2 Å². The van der Waals surface area contributed by atoms with Crippen molar-refractivity contribution in [3.63, 3.8) is 0 Å². The molecule has 1 N–H and O–H groups in total.